The fourth-order valence-corrected chi connectivity index (χ4v) is 4.03. The number of aromatic nitrogens is 3. The average molecular weight is 465 g/mol. The number of amides is 1. The summed E-state index contributed by atoms with van der Waals surface area (Å²) in [7, 11) is 0. The van der Waals surface area contributed by atoms with Crippen LogP contribution in [-0.4, -0.2) is 49.1 Å². The minimum atomic E-state index is -1.43. The highest BCUT2D eigenvalue weighted by Gasteiger charge is 2.25. The number of fused-ring (bicyclic) bond motifs is 1. The van der Waals surface area contributed by atoms with Gasteiger partial charge in [-0.05, 0) is 42.7 Å². The van der Waals surface area contributed by atoms with Gasteiger partial charge in [0.15, 0.2) is 0 Å². The van der Waals surface area contributed by atoms with Gasteiger partial charge in [0.25, 0.3) is 11.5 Å². The van der Waals surface area contributed by atoms with Gasteiger partial charge in [-0.25, -0.2) is 9.18 Å². The number of anilines is 1. The number of thiophene rings is 1. The van der Waals surface area contributed by atoms with Gasteiger partial charge in [0.05, 0.1) is 5.39 Å². The molecule has 0 saturated heterocycles. The molecule has 3 aromatic rings. The quantitative estimate of drug-likeness (QED) is 0.258. The minimum absolute atomic E-state index is 0.00449. The number of halogens is 1. The summed E-state index contributed by atoms with van der Waals surface area (Å²) in [6, 6.07) is 0.212. The Bertz CT molecular complexity index is 1230. The van der Waals surface area contributed by atoms with E-state index in [1.54, 1.807) is 6.07 Å². The lowest BCUT2D eigenvalue weighted by Gasteiger charge is -2.12. The maximum atomic E-state index is 14.7. The van der Waals surface area contributed by atoms with Gasteiger partial charge in [-0.3, -0.25) is 19.4 Å². The van der Waals surface area contributed by atoms with E-state index in [1.807, 2.05) is 0 Å². The highest BCUT2D eigenvalue weighted by atomic mass is 32.1. The molecule has 13 heteroatoms. The van der Waals surface area contributed by atoms with E-state index in [4.69, 9.17) is 15.9 Å². The Morgan fingerprint density at radius 2 is 2.00 bits per heavy atom. The number of carbonyl (C=O) groups excluding carboxylic acids is 1. The lowest BCUT2D eigenvalue weighted by Crippen LogP contribution is -2.41. The number of aromatic amines is 2. The van der Waals surface area contributed by atoms with E-state index < -0.39 is 36.1 Å². The summed E-state index contributed by atoms with van der Waals surface area (Å²) in [6.07, 6.45) is 0.535. The van der Waals surface area contributed by atoms with E-state index in [1.165, 1.54) is 5.38 Å². The molecule has 0 saturated carbocycles. The normalized spacial score (nSPS) is 12.0. The van der Waals surface area contributed by atoms with Crippen molar-refractivity contribution in [3.63, 3.8) is 0 Å². The van der Waals surface area contributed by atoms with Gasteiger partial charge in [0.1, 0.15) is 22.4 Å². The zero-order valence-electron chi connectivity index (χ0n) is 16.6. The van der Waals surface area contributed by atoms with Crippen molar-refractivity contribution >= 4 is 46.2 Å². The number of aryl methyl sites for hydroxylation is 2. The number of carbonyl (C=O) groups is 3. The van der Waals surface area contributed by atoms with Crippen molar-refractivity contribution in [1.29, 1.82) is 0 Å². The van der Waals surface area contributed by atoms with Crippen LogP contribution in [0.15, 0.2) is 16.2 Å². The molecule has 0 spiro atoms. The molecule has 0 aliphatic rings. The molecule has 32 heavy (non-hydrogen) atoms. The number of nitrogen functional groups attached to an aromatic ring is 1. The van der Waals surface area contributed by atoms with Crippen LogP contribution in [0, 0.1) is 5.82 Å². The first-order valence-electron chi connectivity index (χ1n) is 9.54. The fourth-order valence-electron chi connectivity index (χ4n) is 3.15. The zero-order chi connectivity index (χ0) is 23.4. The van der Waals surface area contributed by atoms with Crippen LogP contribution in [0.25, 0.3) is 11.0 Å². The van der Waals surface area contributed by atoms with E-state index in [9.17, 15) is 23.6 Å². The van der Waals surface area contributed by atoms with Gasteiger partial charge in [-0.1, -0.05) is 0 Å². The first-order chi connectivity index (χ1) is 15.2. The van der Waals surface area contributed by atoms with E-state index in [0.29, 0.717) is 35.9 Å². The van der Waals surface area contributed by atoms with Gasteiger partial charge in [-0.2, -0.15) is 4.98 Å². The average Bonchev–Trinajstić information content (AvgIpc) is 3.28. The third-order valence-corrected chi connectivity index (χ3v) is 5.72. The highest BCUT2D eigenvalue weighted by molar-refractivity contribution is 7.12. The van der Waals surface area contributed by atoms with Crippen LogP contribution < -0.4 is 16.6 Å². The summed E-state index contributed by atoms with van der Waals surface area (Å²) in [6.45, 7) is 0. The maximum absolute atomic E-state index is 14.7. The molecule has 3 rings (SSSR count). The molecule has 3 heterocycles. The second kappa shape index (κ2) is 9.60. The van der Waals surface area contributed by atoms with Crippen molar-refractivity contribution in [2.24, 2.45) is 0 Å². The lowest BCUT2D eigenvalue weighted by atomic mass is 10.1. The predicted octanol–water partition coefficient (Wildman–Crippen LogP) is 1.26. The molecule has 11 nitrogen and oxygen atoms in total. The highest BCUT2D eigenvalue weighted by Crippen LogP contribution is 2.23. The number of H-pyrrole nitrogens is 2. The van der Waals surface area contributed by atoms with Crippen LogP contribution in [0.5, 0.6) is 0 Å². The van der Waals surface area contributed by atoms with Crippen molar-refractivity contribution in [3.8, 4) is 0 Å². The molecule has 7 N–H and O–H groups in total. The predicted molar refractivity (Wildman–Crippen MR) is 113 cm³/mol. The Labute approximate surface area is 183 Å². The van der Waals surface area contributed by atoms with E-state index in [-0.39, 0.29) is 22.8 Å². The van der Waals surface area contributed by atoms with Gasteiger partial charge in [-0.15, -0.1) is 11.3 Å². The molecular weight excluding hydrogens is 445 g/mol. The summed E-state index contributed by atoms with van der Waals surface area (Å²) in [5.74, 6) is -4.25. The Balaban J connectivity index is 1.61. The van der Waals surface area contributed by atoms with Crippen LogP contribution in [-0.2, 0) is 22.4 Å². The summed E-state index contributed by atoms with van der Waals surface area (Å²) < 4.78 is 14.7. The van der Waals surface area contributed by atoms with Crippen LogP contribution in [0.1, 0.15) is 40.2 Å². The van der Waals surface area contributed by atoms with Crippen molar-refractivity contribution in [2.45, 2.75) is 38.1 Å². The second-order valence-corrected chi connectivity index (χ2v) is 7.94. The molecule has 1 amide bonds. The number of nitrogens with zero attached hydrogens (tertiary/aromatic N) is 1. The summed E-state index contributed by atoms with van der Waals surface area (Å²) in [4.78, 5) is 55.1. The lowest BCUT2D eigenvalue weighted by molar-refractivity contribution is -0.140. The molecule has 0 bridgehead atoms. The molecule has 170 valence electrons. The molecule has 0 fully saturated rings. The number of carboxylic acid groups (broad SMARTS) is 2. The SMILES string of the molecule is Nc1nc2[nH]c(CCCc3csc(C(=O)N[C@@H](CCC(=O)O)C(=O)O)c3F)cc2c(=O)[nH]1. The zero-order valence-corrected chi connectivity index (χ0v) is 17.4. The topological polar surface area (TPSA) is 191 Å². The molecule has 0 aromatic carbocycles. The second-order valence-electron chi connectivity index (χ2n) is 7.06. The van der Waals surface area contributed by atoms with Crippen LogP contribution in [0.4, 0.5) is 10.3 Å². The fraction of sp³-hybridized carbons (Fsp3) is 0.316. The van der Waals surface area contributed by atoms with E-state index in [0.717, 1.165) is 17.0 Å². The van der Waals surface area contributed by atoms with Crippen LogP contribution >= 0.6 is 11.3 Å². The number of aliphatic carboxylic acids is 2. The first kappa shape index (κ1) is 22.9. The van der Waals surface area contributed by atoms with Crippen molar-refractivity contribution in [2.75, 3.05) is 5.73 Å². The Hall–Kier alpha value is -3.74. The molecule has 0 unspecified atom stereocenters. The third-order valence-electron chi connectivity index (χ3n) is 4.72. The number of rotatable bonds is 10. The maximum Gasteiger partial charge on any atom is 0.326 e. The van der Waals surface area contributed by atoms with Gasteiger partial charge < -0.3 is 26.2 Å². The van der Waals surface area contributed by atoms with E-state index >= 15 is 0 Å². The summed E-state index contributed by atoms with van der Waals surface area (Å²) in [5, 5.41) is 21.8. The van der Waals surface area contributed by atoms with Gasteiger partial charge in [0, 0.05) is 12.1 Å². The number of hydrogen-bond donors (Lipinski definition) is 6. The van der Waals surface area contributed by atoms with Crippen molar-refractivity contribution in [3.05, 3.63) is 43.8 Å². The van der Waals surface area contributed by atoms with E-state index in [2.05, 4.69) is 20.3 Å². The van der Waals surface area contributed by atoms with Crippen molar-refractivity contribution < 1.29 is 29.0 Å². The van der Waals surface area contributed by atoms with Crippen LogP contribution in [0.3, 0.4) is 0 Å². The van der Waals surface area contributed by atoms with Crippen molar-refractivity contribution in [1.82, 2.24) is 20.3 Å². The number of carboxylic acids is 2. The largest absolute Gasteiger partial charge is 0.481 e. The Kier molecular flexibility index (Phi) is 6.88. The smallest absolute Gasteiger partial charge is 0.326 e. The summed E-state index contributed by atoms with van der Waals surface area (Å²) in [5.41, 5.74) is 6.53. The molecular formula is C19H20FN5O6S. The molecule has 0 radical (unpaired) electrons. The Morgan fingerprint density at radius 1 is 1.25 bits per heavy atom. The Morgan fingerprint density at radius 3 is 2.69 bits per heavy atom. The number of nitrogens with one attached hydrogen (secondary N) is 3. The monoisotopic (exact) mass is 465 g/mol. The molecule has 0 aliphatic heterocycles. The number of hydrogen-bond acceptors (Lipinski definition) is 7. The number of nitrogens with two attached hydrogens (primary N) is 1. The summed E-state index contributed by atoms with van der Waals surface area (Å²) >= 11 is 0.843. The minimum Gasteiger partial charge on any atom is -0.481 e. The molecule has 1 atom stereocenters. The third kappa shape index (κ3) is 5.29. The van der Waals surface area contributed by atoms with Gasteiger partial charge >= 0.3 is 11.9 Å². The first-order valence-corrected chi connectivity index (χ1v) is 10.4. The standard InChI is InChI=1S/C19H20FN5O6S/c20-13-8(2-1-3-9-6-10-15(22-9)24-19(21)25-16(10)28)7-32-14(13)17(29)23-11(18(30)31)4-5-12(26)27/h6-7,11H,1-5H2,(H,23,29)(H,26,27)(H,30,31)(H4,21,22,24,25,28)/t11-/m0/s1. The van der Waals surface area contributed by atoms with Gasteiger partial charge in [0.2, 0.25) is 5.95 Å². The molecule has 0 aliphatic carbocycles. The molecule has 3 aromatic heterocycles. The van der Waals surface area contributed by atoms with Crippen LogP contribution in [0.2, 0.25) is 0 Å².